The van der Waals surface area contributed by atoms with E-state index < -0.39 is 0 Å². The van der Waals surface area contributed by atoms with Gasteiger partial charge in [-0.1, -0.05) is 45.7 Å². The highest BCUT2D eigenvalue weighted by atomic mass is 79.9. The van der Waals surface area contributed by atoms with Crippen molar-refractivity contribution in [2.45, 2.75) is 6.54 Å². The van der Waals surface area contributed by atoms with E-state index in [0.717, 1.165) is 16.7 Å². The number of anilines is 1. The van der Waals surface area contributed by atoms with Gasteiger partial charge in [0.25, 0.3) is 0 Å². The summed E-state index contributed by atoms with van der Waals surface area (Å²) in [5.41, 5.74) is 3.33. The van der Waals surface area contributed by atoms with E-state index in [-0.39, 0.29) is 0 Å². The summed E-state index contributed by atoms with van der Waals surface area (Å²) in [5, 5.41) is 5.30. The van der Waals surface area contributed by atoms with Crippen LogP contribution in [-0.4, -0.2) is 4.98 Å². The zero-order chi connectivity index (χ0) is 13.2. The average Bonchev–Trinajstić information content (AvgIpc) is 2.86. The molecule has 19 heavy (non-hydrogen) atoms. The molecule has 96 valence electrons. The van der Waals surface area contributed by atoms with E-state index in [1.807, 2.05) is 24.4 Å². The van der Waals surface area contributed by atoms with Crippen LogP contribution in [0.5, 0.6) is 0 Å². The van der Waals surface area contributed by atoms with Crippen molar-refractivity contribution in [3.8, 4) is 0 Å². The standard InChI is InChI=1S/C15H12BrClN2/c16-12-4-5-14(13(17)8-12)19-9-11-3-1-2-10-6-7-18-15(10)11/h1-8,18-19H,9H2. The van der Waals surface area contributed by atoms with Gasteiger partial charge >= 0.3 is 0 Å². The van der Waals surface area contributed by atoms with Crippen molar-refractivity contribution in [3.63, 3.8) is 0 Å². The van der Waals surface area contributed by atoms with E-state index in [0.29, 0.717) is 5.02 Å². The number of aromatic amines is 1. The van der Waals surface area contributed by atoms with Gasteiger partial charge in [-0.15, -0.1) is 0 Å². The van der Waals surface area contributed by atoms with Crippen LogP contribution in [0.1, 0.15) is 5.56 Å². The molecule has 0 aliphatic carbocycles. The van der Waals surface area contributed by atoms with Crippen LogP contribution in [0.15, 0.2) is 53.1 Å². The van der Waals surface area contributed by atoms with Crippen LogP contribution in [0, 0.1) is 0 Å². The van der Waals surface area contributed by atoms with Crippen molar-refractivity contribution in [2.75, 3.05) is 5.32 Å². The van der Waals surface area contributed by atoms with Crippen LogP contribution in [0.25, 0.3) is 10.9 Å². The number of rotatable bonds is 3. The quantitative estimate of drug-likeness (QED) is 0.677. The molecule has 1 aromatic heterocycles. The van der Waals surface area contributed by atoms with E-state index >= 15 is 0 Å². The molecule has 0 unspecified atom stereocenters. The lowest BCUT2D eigenvalue weighted by Gasteiger charge is -2.09. The number of H-pyrrole nitrogens is 1. The Hall–Kier alpha value is -1.45. The predicted octanol–water partition coefficient (Wildman–Crippen LogP) is 5.20. The predicted molar refractivity (Wildman–Crippen MR) is 84.8 cm³/mol. The molecule has 0 atom stereocenters. The minimum Gasteiger partial charge on any atom is -0.380 e. The summed E-state index contributed by atoms with van der Waals surface area (Å²) in [7, 11) is 0. The number of fused-ring (bicyclic) bond motifs is 1. The van der Waals surface area contributed by atoms with Gasteiger partial charge in [-0.25, -0.2) is 0 Å². The van der Waals surface area contributed by atoms with E-state index in [4.69, 9.17) is 11.6 Å². The van der Waals surface area contributed by atoms with Gasteiger partial charge < -0.3 is 10.3 Å². The second-order valence-electron chi connectivity index (χ2n) is 4.34. The minimum absolute atomic E-state index is 0.716. The molecule has 2 nitrogen and oxygen atoms in total. The van der Waals surface area contributed by atoms with Crippen molar-refractivity contribution >= 4 is 44.1 Å². The number of halogens is 2. The van der Waals surface area contributed by atoms with Gasteiger partial charge in [0, 0.05) is 17.2 Å². The van der Waals surface area contributed by atoms with E-state index in [9.17, 15) is 0 Å². The molecule has 2 aromatic carbocycles. The Morgan fingerprint density at radius 1 is 1.16 bits per heavy atom. The molecule has 0 spiro atoms. The Kier molecular flexibility index (Phi) is 3.49. The Bertz CT molecular complexity index is 721. The van der Waals surface area contributed by atoms with Gasteiger partial charge in [-0.2, -0.15) is 0 Å². The Balaban J connectivity index is 1.84. The van der Waals surface area contributed by atoms with Gasteiger partial charge in [0.15, 0.2) is 0 Å². The van der Waals surface area contributed by atoms with Crippen molar-refractivity contribution < 1.29 is 0 Å². The van der Waals surface area contributed by atoms with Crippen LogP contribution < -0.4 is 5.32 Å². The third kappa shape index (κ3) is 2.62. The zero-order valence-corrected chi connectivity index (χ0v) is 12.4. The second-order valence-corrected chi connectivity index (χ2v) is 5.66. The first-order valence-corrected chi connectivity index (χ1v) is 7.15. The maximum absolute atomic E-state index is 6.19. The van der Waals surface area contributed by atoms with Gasteiger partial charge in [-0.05, 0) is 35.2 Å². The lowest BCUT2D eigenvalue weighted by molar-refractivity contribution is 1.16. The molecule has 0 radical (unpaired) electrons. The molecule has 0 bridgehead atoms. The molecule has 0 fully saturated rings. The van der Waals surface area contributed by atoms with Crippen molar-refractivity contribution in [1.29, 1.82) is 0 Å². The lowest BCUT2D eigenvalue weighted by Crippen LogP contribution is -2.00. The van der Waals surface area contributed by atoms with Crippen LogP contribution >= 0.6 is 27.5 Å². The van der Waals surface area contributed by atoms with Crippen molar-refractivity contribution in [3.05, 3.63) is 63.7 Å². The fraction of sp³-hybridized carbons (Fsp3) is 0.0667. The summed E-state index contributed by atoms with van der Waals surface area (Å²) in [5.74, 6) is 0. The topological polar surface area (TPSA) is 27.8 Å². The first kappa shape index (κ1) is 12.6. The summed E-state index contributed by atoms with van der Waals surface area (Å²) in [6.45, 7) is 0.735. The van der Waals surface area contributed by atoms with Gasteiger partial charge in [0.1, 0.15) is 0 Å². The summed E-state index contributed by atoms with van der Waals surface area (Å²) in [6, 6.07) is 14.2. The van der Waals surface area contributed by atoms with Crippen LogP contribution in [0.2, 0.25) is 5.02 Å². The minimum atomic E-state index is 0.716. The van der Waals surface area contributed by atoms with E-state index in [1.54, 1.807) is 0 Å². The molecule has 3 aromatic rings. The summed E-state index contributed by atoms with van der Waals surface area (Å²) >= 11 is 9.59. The normalized spacial score (nSPS) is 10.8. The molecule has 1 heterocycles. The van der Waals surface area contributed by atoms with E-state index in [1.165, 1.54) is 16.5 Å². The molecular weight excluding hydrogens is 324 g/mol. The largest absolute Gasteiger partial charge is 0.380 e. The van der Waals surface area contributed by atoms with Crippen molar-refractivity contribution in [1.82, 2.24) is 4.98 Å². The number of para-hydroxylation sites is 1. The molecule has 0 aliphatic heterocycles. The third-order valence-corrected chi connectivity index (χ3v) is 3.88. The molecule has 0 saturated heterocycles. The highest BCUT2D eigenvalue weighted by Gasteiger charge is 2.04. The third-order valence-electron chi connectivity index (χ3n) is 3.07. The van der Waals surface area contributed by atoms with Crippen LogP contribution in [0.4, 0.5) is 5.69 Å². The maximum Gasteiger partial charge on any atom is 0.0648 e. The average molecular weight is 336 g/mol. The lowest BCUT2D eigenvalue weighted by atomic mass is 10.1. The number of aromatic nitrogens is 1. The summed E-state index contributed by atoms with van der Waals surface area (Å²) in [4.78, 5) is 3.27. The fourth-order valence-corrected chi connectivity index (χ4v) is 2.86. The monoisotopic (exact) mass is 334 g/mol. The molecule has 0 saturated carbocycles. The summed E-state index contributed by atoms with van der Waals surface area (Å²) in [6.07, 6.45) is 1.96. The van der Waals surface area contributed by atoms with Gasteiger partial charge in [-0.3, -0.25) is 0 Å². The van der Waals surface area contributed by atoms with Crippen LogP contribution in [0.3, 0.4) is 0 Å². The molecule has 2 N–H and O–H groups in total. The summed E-state index contributed by atoms with van der Waals surface area (Å²) < 4.78 is 0.981. The first-order valence-electron chi connectivity index (χ1n) is 5.98. The highest BCUT2D eigenvalue weighted by molar-refractivity contribution is 9.10. The Morgan fingerprint density at radius 3 is 2.89 bits per heavy atom. The van der Waals surface area contributed by atoms with Gasteiger partial charge in [0.2, 0.25) is 0 Å². The fourth-order valence-electron chi connectivity index (χ4n) is 2.12. The second kappa shape index (κ2) is 5.27. The molecular formula is C15H12BrClN2. The smallest absolute Gasteiger partial charge is 0.0648 e. The van der Waals surface area contributed by atoms with Crippen molar-refractivity contribution in [2.24, 2.45) is 0 Å². The Labute approximate surface area is 124 Å². The van der Waals surface area contributed by atoms with Crippen LogP contribution in [-0.2, 0) is 6.54 Å². The van der Waals surface area contributed by atoms with E-state index in [2.05, 4.69) is 50.5 Å². The molecule has 4 heteroatoms. The maximum atomic E-state index is 6.19. The SMILES string of the molecule is Clc1cc(Br)ccc1NCc1cccc2cc[nH]c12. The Morgan fingerprint density at radius 2 is 2.05 bits per heavy atom. The molecule has 0 aliphatic rings. The number of benzene rings is 2. The molecule has 0 amide bonds. The number of hydrogen-bond acceptors (Lipinski definition) is 1. The first-order chi connectivity index (χ1) is 9.24. The number of hydrogen-bond donors (Lipinski definition) is 2. The van der Waals surface area contributed by atoms with Gasteiger partial charge in [0.05, 0.1) is 16.2 Å². The number of nitrogens with one attached hydrogen (secondary N) is 2. The molecule has 3 rings (SSSR count). The highest BCUT2D eigenvalue weighted by Crippen LogP contribution is 2.26. The zero-order valence-electron chi connectivity index (χ0n) is 10.1.